The normalized spacial score (nSPS) is 15.9. The van der Waals surface area contributed by atoms with E-state index in [2.05, 4.69) is 16.7 Å². The number of alkyl carbamates (subject to hydrolysis) is 1. The van der Waals surface area contributed by atoms with Gasteiger partial charge in [0.2, 0.25) is 5.91 Å². The quantitative estimate of drug-likeness (QED) is 0.628. The van der Waals surface area contributed by atoms with Gasteiger partial charge in [-0.25, -0.2) is 9.18 Å². The van der Waals surface area contributed by atoms with Crippen LogP contribution >= 0.6 is 0 Å². The molecule has 36 heavy (non-hydrogen) atoms. The minimum absolute atomic E-state index is 0.257. The number of halogens is 1. The highest BCUT2D eigenvalue weighted by Gasteiger charge is 2.42. The molecule has 8 nitrogen and oxygen atoms in total. The molecule has 0 radical (unpaired) electrons. The highest BCUT2D eigenvalue weighted by Crippen LogP contribution is 2.29. The molecule has 1 aromatic carbocycles. The van der Waals surface area contributed by atoms with Gasteiger partial charge in [0.25, 0.3) is 5.56 Å². The van der Waals surface area contributed by atoms with E-state index in [0.29, 0.717) is 24.0 Å². The van der Waals surface area contributed by atoms with Gasteiger partial charge in [-0.3, -0.25) is 9.59 Å². The van der Waals surface area contributed by atoms with Gasteiger partial charge < -0.3 is 19.9 Å². The summed E-state index contributed by atoms with van der Waals surface area (Å²) in [5.74, 6) is -1.22. The van der Waals surface area contributed by atoms with Crippen LogP contribution in [-0.4, -0.2) is 33.7 Å². The SMILES string of the molecule is Cn1cc(-c2ccc(CC(C#N)NC(=O)C3(NC(=O)OC(C)(C)C)CCCCC3)cc2)cc(F)c1=O. The Balaban J connectivity index is 1.71. The molecule has 0 aliphatic heterocycles. The molecule has 0 bridgehead atoms. The van der Waals surface area contributed by atoms with Crippen molar-refractivity contribution in [1.29, 1.82) is 5.26 Å². The Morgan fingerprint density at radius 1 is 1.17 bits per heavy atom. The topological polar surface area (TPSA) is 113 Å². The van der Waals surface area contributed by atoms with Crippen LogP contribution in [0.5, 0.6) is 0 Å². The molecule has 1 aromatic heterocycles. The molecule has 0 spiro atoms. The Bertz CT molecular complexity index is 1180. The maximum absolute atomic E-state index is 13.8. The Labute approximate surface area is 210 Å². The van der Waals surface area contributed by atoms with Crippen molar-refractivity contribution >= 4 is 12.0 Å². The first kappa shape index (κ1) is 26.9. The predicted octanol–water partition coefficient (Wildman–Crippen LogP) is 3.97. The smallest absolute Gasteiger partial charge is 0.408 e. The summed E-state index contributed by atoms with van der Waals surface area (Å²) in [6.07, 6.45) is 4.65. The molecule has 2 aromatic rings. The van der Waals surface area contributed by atoms with E-state index in [9.17, 15) is 24.0 Å². The minimum atomic E-state index is -1.12. The van der Waals surface area contributed by atoms with Crippen molar-refractivity contribution in [2.45, 2.75) is 76.5 Å². The number of ether oxygens (including phenoxy) is 1. The lowest BCUT2D eigenvalue weighted by atomic mass is 9.80. The Kier molecular flexibility index (Phi) is 8.18. The number of nitrogens with zero attached hydrogens (tertiary/aromatic N) is 2. The summed E-state index contributed by atoms with van der Waals surface area (Å²) in [6, 6.07) is 9.66. The van der Waals surface area contributed by atoms with Gasteiger partial charge in [-0.1, -0.05) is 43.5 Å². The fourth-order valence-corrected chi connectivity index (χ4v) is 4.39. The Morgan fingerprint density at radius 3 is 2.36 bits per heavy atom. The zero-order valence-electron chi connectivity index (χ0n) is 21.2. The number of hydrogen-bond donors (Lipinski definition) is 2. The van der Waals surface area contributed by atoms with Gasteiger partial charge >= 0.3 is 6.09 Å². The van der Waals surface area contributed by atoms with E-state index in [0.717, 1.165) is 24.8 Å². The molecule has 1 fully saturated rings. The number of carbonyl (C=O) groups excluding carboxylic acids is 2. The van der Waals surface area contributed by atoms with Gasteiger partial charge in [0.1, 0.15) is 17.2 Å². The average Bonchev–Trinajstić information content (AvgIpc) is 2.81. The lowest BCUT2D eigenvalue weighted by Gasteiger charge is -2.37. The molecule has 1 atom stereocenters. The molecule has 1 heterocycles. The molecule has 2 amide bonds. The van der Waals surface area contributed by atoms with Crippen LogP contribution in [0.4, 0.5) is 9.18 Å². The van der Waals surface area contributed by atoms with Crippen LogP contribution in [0.2, 0.25) is 0 Å². The molecule has 0 saturated heterocycles. The van der Waals surface area contributed by atoms with E-state index >= 15 is 0 Å². The maximum Gasteiger partial charge on any atom is 0.408 e. The molecular formula is C27H33FN4O4. The summed E-state index contributed by atoms with van der Waals surface area (Å²) < 4.78 is 20.4. The van der Waals surface area contributed by atoms with Crippen LogP contribution in [0.1, 0.15) is 58.4 Å². The van der Waals surface area contributed by atoms with Crippen molar-refractivity contribution in [2.24, 2.45) is 7.05 Å². The summed E-state index contributed by atoms with van der Waals surface area (Å²) in [4.78, 5) is 37.4. The Hall–Kier alpha value is -3.67. The first-order valence-electron chi connectivity index (χ1n) is 12.1. The van der Waals surface area contributed by atoms with E-state index in [1.807, 2.05) is 0 Å². The van der Waals surface area contributed by atoms with Gasteiger partial charge in [-0.05, 0) is 50.8 Å². The predicted molar refractivity (Wildman–Crippen MR) is 134 cm³/mol. The summed E-state index contributed by atoms with van der Waals surface area (Å²) in [5, 5.41) is 15.3. The number of rotatable bonds is 6. The number of hydrogen-bond acceptors (Lipinski definition) is 5. The van der Waals surface area contributed by atoms with Crippen molar-refractivity contribution in [3.05, 3.63) is 58.3 Å². The van der Waals surface area contributed by atoms with Gasteiger partial charge in [-0.15, -0.1) is 0 Å². The number of benzene rings is 1. The molecule has 1 unspecified atom stereocenters. The third-order valence-electron chi connectivity index (χ3n) is 6.21. The number of aromatic nitrogens is 1. The van der Waals surface area contributed by atoms with Crippen LogP contribution in [0.3, 0.4) is 0 Å². The molecule has 1 saturated carbocycles. The first-order valence-corrected chi connectivity index (χ1v) is 12.1. The van der Waals surface area contributed by atoms with Crippen molar-refractivity contribution in [3.63, 3.8) is 0 Å². The van der Waals surface area contributed by atoms with E-state index in [1.54, 1.807) is 51.2 Å². The molecule has 9 heteroatoms. The zero-order chi connectivity index (χ0) is 26.5. The summed E-state index contributed by atoms with van der Waals surface area (Å²) in [5.41, 5.74) is -0.439. The van der Waals surface area contributed by atoms with Crippen LogP contribution in [-0.2, 0) is 23.0 Å². The molecule has 192 valence electrons. The van der Waals surface area contributed by atoms with Crippen LogP contribution < -0.4 is 16.2 Å². The van der Waals surface area contributed by atoms with Crippen molar-refractivity contribution in [2.75, 3.05) is 0 Å². The van der Waals surface area contributed by atoms with Crippen LogP contribution in [0.25, 0.3) is 11.1 Å². The lowest BCUT2D eigenvalue weighted by Crippen LogP contribution is -2.61. The minimum Gasteiger partial charge on any atom is -0.444 e. The van der Waals surface area contributed by atoms with Crippen LogP contribution in [0, 0.1) is 17.1 Å². The third-order valence-corrected chi connectivity index (χ3v) is 6.21. The molecule has 2 N–H and O–H groups in total. The van der Waals surface area contributed by atoms with Gasteiger partial charge in [0, 0.05) is 25.2 Å². The van der Waals surface area contributed by atoms with Crippen molar-refractivity contribution in [3.8, 4) is 17.2 Å². The number of nitriles is 1. The monoisotopic (exact) mass is 496 g/mol. The Morgan fingerprint density at radius 2 is 1.81 bits per heavy atom. The number of amides is 2. The molecule has 3 rings (SSSR count). The second-order valence-electron chi connectivity index (χ2n) is 10.3. The zero-order valence-corrected chi connectivity index (χ0v) is 21.2. The molecular weight excluding hydrogens is 463 g/mol. The molecule has 1 aliphatic carbocycles. The van der Waals surface area contributed by atoms with Crippen molar-refractivity contribution in [1.82, 2.24) is 15.2 Å². The van der Waals surface area contributed by atoms with Crippen molar-refractivity contribution < 1.29 is 18.7 Å². The maximum atomic E-state index is 13.8. The second kappa shape index (κ2) is 10.9. The van der Waals surface area contributed by atoms with Gasteiger partial charge in [0.05, 0.1) is 6.07 Å². The van der Waals surface area contributed by atoms with E-state index < -0.39 is 40.6 Å². The molecule has 1 aliphatic rings. The largest absolute Gasteiger partial charge is 0.444 e. The number of nitrogens with one attached hydrogen (secondary N) is 2. The second-order valence-corrected chi connectivity index (χ2v) is 10.3. The fourth-order valence-electron chi connectivity index (χ4n) is 4.39. The number of pyridine rings is 1. The summed E-state index contributed by atoms with van der Waals surface area (Å²) in [7, 11) is 1.49. The van der Waals surface area contributed by atoms with E-state index in [-0.39, 0.29) is 6.42 Å². The third kappa shape index (κ3) is 6.72. The first-order chi connectivity index (χ1) is 16.9. The summed E-state index contributed by atoms with van der Waals surface area (Å²) >= 11 is 0. The van der Waals surface area contributed by atoms with Crippen LogP contribution in [0.15, 0.2) is 41.3 Å². The lowest BCUT2D eigenvalue weighted by molar-refractivity contribution is -0.129. The fraction of sp³-hybridized carbons (Fsp3) is 0.481. The highest BCUT2D eigenvalue weighted by atomic mass is 19.1. The number of carbonyl (C=O) groups is 2. The number of aryl methyl sites for hydroxylation is 1. The summed E-state index contributed by atoms with van der Waals surface area (Å²) in [6.45, 7) is 5.27. The van der Waals surface area contributed by atoms with E-state index in [4.69, 9.17) is 4.74 Å². The van der Waals surface area contributed by atoms with E-state index in [1.165, 1.54) is 17.7 Å². The highest BCUT2D eigenvalue weighted by molar-refractivity contribution is 5.90. The average molecular weight is 497 g/mol. The standard InChI is InChI=1S/C27H33FN4O4/c1-26(2,3)36-25(35)31-27(12-6-5-7-13-27)24(34)30-21(16-29)14-18-8-10-19(11-9-18)20-15-22(28)23(33)32(4)17-20/h8-11,15,17,21H,5-7,12-14H2,1-4H3,(H,30,34)(H,31,35). The van der Waals surface area contributed by atoms with Gasteiger partial charge in [-0.2, -0.15) is 5.26 Å². The van der Waals surface area contributed by atoms with Gasteiger partial charge in [0.15, 0.2) is 5.82 Å².